The van der Waals surface area contributed by atoms with E-state index in [9.17, 15) is 8.42 Å². The summed E-state index contributed by atoms with van der Waals surface area (Å²) >= 11 is 0. The molecule has 0 radical (unpaired) electrons. The van der Waals surface area contributed by atoms with Crippen molar-refractivity contribution in [3.05, 3.63) is 71.9 Å². The maximum absolute atomic E-state index is 11.4. The van der Waals surface area contributed by atoms with Crippen molar-refractivity contribution in [1.29, 1.82) is 5.26 Å². The van der Waals surface area contributed by atoms with E-state index in [-0.39, 0.29) is 5.92 Å². The molecule has 0 bridgehead atoms. The van der Waals surface area contributed by atoms with Crippen LogP contribution in [-0.2, 0) is 10.0 Å². The minimum atomic E-state index is -3.32. The topological polar surface area (TPSA) is 73.2 Å². The minimum Gasteiger partial charge on any atom is -0.347 e. The molecular weight excluding hydrogens is 322 g/mol. The van der Waals surface area contributed by atoms with Crippen LogP contribution in [0.15, 0.2) is 55.2 Å². The van der Waals surface area contributed by atoms with Gasteiger partial charge < -0.3 is 4.90 Å². The molecule has 6 heteroatoms. The summed E-state index contributed by atoms with van der Waals surface area (Å²) in [5.41, 5.74) is 4.32. The molecule has 2 aromatic carbocycles. The van der Waals surface area contributed by atoms with Gasteiger partial charge in [-0.3, -0.25) is 4.72 Å². The fourth-order valence-corrected chi connectivity index (χ4v) is 3.56. The van der Waals surface area contributed by atoms with Crippen LogP contribution in [0.5, 0.6) is 0 Å². The molecule has 0 aliphatic carbocycles. The van der Waals surface area contributed by atoms with E-state index in [0.29, 0.717) is 11.3 Å². The highest BCUT2D eigenvalue weighted by Crippen LogP contribution is 2.41. The number of hydrogen-bond acceptors (Lipinski definition) is 4. The molecule has 0 saturated heterocycles. The average Bonchev–Trinajstić information content (AvgIpc) is 2.91. The maximum atomic E-state index is 11.4. The Morgan fingerprint density at radius 1 is 1.29 bits per heavy atom. The minimum absolute atomic E-state index is 0.151. The molecule has 1 aliphatic rings. The Morgan fingerprint density at radius 3 is 2.58 bits per heavy atom. The fourth-order valence-electron chi connectivity index (χ4n) is 3.01. The standard InChI is InChI=1S/C18H17N3O2S/c1-3-21-12-17(14-6-4-13(11-19)5-7-14)16-9-8-15(10-18(16)21)20-24(2,22)23/h3-10,17,20H,1,12H2,2H3. The fraction of sp³-hybridized carbons (Fsp3) is 0.167. The van der Waals surface area contributed by atoms with E-state index in [1.165, 1.54) is 0 Å². The summed E-state index contributed by atoms with van der Waals surface area (Å²) in [6, 6.07) is 15.2. The molecule has 0 saturated carbocycles. The Labute approximate surface area is 141 Å². The second-order valence-electron chi connectivity index (χ2n) is 5.77. The monoisotopic (exact) mass is 339 g/mol. The molecule has 0 amide bonds. The van der Waals surface area contributed by atoms with Gasteiger partial charge in [0.2, 0.25) is 10.0 Å². The van der Waals surface area contributed by atoms with E-state index in [1.54, 1.807) is 12.3 Å². The molecule has 1 unspecified atom stereocenters. The number of rotatable bonds is 4. The van der Waals surface area contributed by atoms with Crippen molar-refractivity contribution in [1.82, 2.24) is 0 Å². The van der Waals surface area contributed by atoms with Crippen molar-refractivity contribution in [2.24, 2.45) is 0 Å². The van der Waals surface area contributed by atoms with E-state index in [0.717, 1.165) is 29.6 Å². The summed E-state index contributed by atoms with van der Waals surface area (Å²) in [5.74, 6) is 0.151. The summed E-state index contributed by atoms with van der Waals surface area (Å²) in [6.45, 7) is 4.57. The first-order chi connectivity index (χ1) is 11.4. The van der Waals surface area contributed by atoms with Gasteiger partial charge in [0, 0.05) is 18.2 Å². The van der Waals surface area contributed by atoms with Crippen molar-refractivity contribution in [3.8, 4) is 6.07 Å². The predicted molar refractivity (Wildman–Crippen MR) is 95.5 cm³/mol. The van der Waals surface area contributed by atoms with Crippen LogP contribution in [0, 0.1) is 11.3 Å². The van der Waals surface area contributed by atoms with Gasteiger partial charge in [-0.25, -0.2) is 8.42 Å². The van der Waals surface area contributed by atoms with E-state index >= 15 is 0 Å². The zero-order valence-corrected chi connectivity index (χ0v) is 14.0. The zero-order chi connectivity index (χ0) is 17.3. The number of nitrogens with zero attached hydrogens (tertiary/aromatic N) is 2. The molecule has 5 nitrogen and oxygen atoms in total. The van der Waals surface area contributed by atoms with Crippen LogP contribution in [0.3, 0.4) is 0 Å². The normalized spacial score (nSPS) is 16.3. The van der Waals surface area contributed by atoms with Gasteiger partial charge in [0.15, 0.2) is 0 Å². The number of benzene rings is 2. The largest absolute Gasteiger partial charge is 0.347 e. The van der Waals surface area contributed by atoms with Crippen molar-refractivity contribution in [2.45, 2.75) is 5.92 Å². The van der Waals surface area contributed by atoms with Crippen LogP contribution >= 0.6 is 0 Å². The highest BCUT2D eigenvalue weighted by Gasteiger charge is 2.29. The van der Waals surface area contributed by atoms with Crippen LogP contribution in [0.2, 0.25) is 0 Å². The Bertz CT molecular complexity index is 928. The predicted octanol–water partition coefficient (Wildman–Crippen LogP) is 3.03. The van der Waals surface area contributed by atoms with Gasteiger partial charge in [-0.2, -0.15) is 5.26 Å². The number of hydrogen-bond donors (Lipinski definition) is 1. The summed E-state index contributed by atoms with van der Waals surface area (Å²) in [4.78, 5) is 2.01. The average molecular weight is 339 g/mol. The summed E-state index contributed by atoms with van der Waals surface area (Å²) < 4.78 is 25.4. The Kier molecular flexibility index (Phi) is 4.04. The van der Waals surface area contributed by atoms with Crippen molar-refractivity contribution >= 4 is 21.4 Å². The van der Waals surface area contributed by atoms with Crippen LogP contribution in [0.4, 0.5) is 11.4 Å². The molecule has 122 valence electrons. The first-order valence-electron chi connectivity index (χ1n) is 7.42. The Hall–Kier alpha value is -2.78. The van der Waals surface area contributed by atoms with E-state index in [2.05, 4.69) is 17.4 Å². The highest BCUT2D eigenvalue weighted by atomic mass is 32.2. The lowest BCUT2D eigenvalue weighted by Gasteiger charge is -2.14. The third-order valence-corrected chi connectivity index (χ3v) is 4.67. The molecule has 2 aromatic rings. The zero-order valence-electron chi connectivity index (χ0n) is 13.2. The first kappa shape index (κ1) is 16.1. The molecule has 1 heterocycles. The molecule has 0 spiro atoms. The SMILES string of the molecule is C=CN1CC(c2ccc(C#N)cc2)c2ccc(NS(C)(=O)=O)cc21. The molecule has 0 aromatic heterocycles. The molecular formula is C18H17N3O2S. The number of sulfonamides is 1. The van der Waals surface area contributed by atoms with Crippen molar-refractivity contribution < 1.29 is 8.42 Å². The van der Waals surface area contributed by atoms with Gasteiger partial charge in [-0.1, -0.05) is 24.8 Å². The van der Waals surface area contributed by atoms with Crippen LogP contribution in [-0.4, -0.2) is 21.2 Å². The van der Waals surface area contributed by atoms with Gasteiger partial charge in [0.1, 0.15) is 0 Å². The number of nitrogens with one attached hydrogen (secondary N) is 1. The lowest BCUT2D eigenvalue weighted by atomic mass is 9.92. The number of fused-ring (bicyclic) bond motifs is 1. The molecule has 1 atom stereocenters. The highest BCUT2D eigenvalue weighted by molar-refractivity contribution is 7.92. The second-order valence-corrected chi connectivity index (χ2v) is 7.52. The molecule has 0 fully saturated rings. The summed E-state index contributed by atoms with van der Waals surface area (Å²) in [7, 11) is -3.32. The first-order valence-corrected chi connectivity index (χ1v) is 9.31. The van der Waals surface area contributed by atoms with E-state index in [4.69, 9.17) is 5.26 Å². The smallest absolute Gasteiger partial charge is 0.229 e. The van der Waals surface area contributed by atoms with Crippen LogP contribution in [0.1, 0.15) is 22.6 Å². The van der Waals surface area contributed by atoms with Gasteiger partial charge >= 0.3 is 0 Å². The van der Waals surface area contributed by atoms with Gasteiger partial charge in [-0.15, -0.1) is 0 Å². The lowest BCUT2D eigenvalue weighted by Crippen LogP contribution is -2.14. The van der Waals surface area contributed by atoms with Gasteiger partial charge in [0.25, 0.3) is 0 Å². The van der Waals surface area contributed by atoms with Gasteiger partial charge in [0.05, 0.1) is 23.6 Å². The molecule has 24 heavy (non-hydrogen) atoms. The third kappa shape index (κ3) is 3.12. The van der Waals surface area contributed by atoms with Crippen molar-refractivity contribution in [2.75, 3.05) is 22.4 Å². The maximum Gasteiger partial charge on any atom is 0.229 e. The van der Waals surface area contributed by atoms with Gasteiger partial charge in [-0.05, 0) is 41.6 Å². The lowest BCUT2D eigenvalue weighted by molar-refractivity contribution is 0.607. The van der Waals surface area contributed by atoms with E-state index < -0.39 is 10.0 Å². The van der Waals surface area contributed by atoms with E-state index in [1.807, 2.05) is 41.3 Å². The Morgan fingerprint density at radius 2 is 2.00 bits per heavy atom. The van der Waals surface area contributed by atoms with Crippen LogP contribution < -0.4 is 9.62 Å². The number of anilines is 2. The van der Waals surface area contributed by atoms with Crippen molar-refractivity contribution in [3.63, 3.8) is 0 Å². The number of nitriles is 1. The molecule has 1 N–H and O–H groups in total. The Balaban J connectivity index is 2.00. The summed E-state index contributed by atoms with van der Waals surface area (Å²) in [6.07, 6.45) is 2.87. The molecule has 1 aliphatic heterocycles. The quantitative estimate of drug-likeness (QED) is 0.929. The summed E-state index contributed by atoms with van der Waals surface area (Å²) in [5, 5.41) is 8.93. The third-order valence-electron chi connectivity index (χ3n) is 4.06. The second kappa shape index (κ2) is 6.02. The van der Waals surface area contributed by atoms with Crippen LogP contribution in [0.25, 0.3) is 0 Å². The molecule has 3 rings (SSSR count).